The zero-order valence-corrected chi connectivity index (χ0v) is 16.7. The summed E-state index contributed by atoms with van der Waals surface area (Å²) >= 11 is 7.60. The summed E-state index contributed by atoms with van der Waals surface area (Å²) in [4.78, 5) is 0. The zero-order chi connectivity index (χ0) is 19.5. The maximum absolute atomic E-state index is 13.1. The minimum atomic E-state index is -0.235. The number of hydrogen-bond donors (Lipinski definition) is 0. The summed E-state index contributed by atoms with van der Waals surface area (Å²) in [6, 6.07) is 22.3. The second-order valence-corrected chi connectivity index (χ2v) is 7.78. The van der Waals surface area contributed by atoms with Gasteiger partial charge in [-0.2, -0.15) is 0 Å². The normalized spacial score (nSPS) is 11.0. The van der Waals surface area contributed by atoms with Crippen LogP contribution in [0.15, 0.2) is 78.0 Å². The van der Waals surface area contributed by atoms with Crippen LogP contribution in [0.2, 0.25) is 5.02 Å². The van der Waals surface area contributed by atoms with Crippen molar-refractivity contribution in [2.45, 2.75) is 17.8 Å². The first-order valence-corrected chi connectivity index (χ1v) is 10.1. The summed E-state index contributed by atoms with van der Waals surface area (Å²) in [5.41, 5.74) is 4.14. The predicted octanol–water partition coefficient (Wildman–Crippen LogP) is 6.33. The second kappa shape index (κ2) is 8.17. The molecule has 0 bridgehead atoms. The molecule has 0 fully saturated rings. The molecule has 0 atom stereocenters. The number of aryl methyl sites for hydroxylation is 1. The Hall–Kier alpha value is -2.63. The van der Waals surface area contributed by atoms with Gasteiger partial charge in [0.05, 0.1) is 0 Å². The molecule has 0 saturated carbocycles. The molecular formula is C22H17ClFN3S. The zero-order valence-electron chi connectivity index (χ0n) is 15.1. The lowest BCUT2D eigenvalue weighted by molar-refractivity contribution is 0.627. The predicted molar refractivity (Wildman–Crippen MR) is 113 cm³/mol. The molecule has 3 nitrogen and oxygen atoms in total. The average Bonchev–Trinajstić information content (AvgIpc) is 3.13. The molecule has 0 saturated heterocycles. The van der Waals surface area contributed by atoms with Crippen LogP contribution in [0, 0.1) is 12.7 Å². The van der Waals surface area contributed by atoms with Crippen LogP contribution in [0.25, 0.3) is 17.1 Å². The highest BCUT2D eigenvalue weighted by molar-refractivity contribution is 7.98. The first kappa shape index (κ1) is 18.7. The summed E-state index contributed by atoms with van der Waals surface area (Å²) in [6.07, 6.45) is 0. The molecule has 6 heteroatoms. The third kappa shape index (κ3) is 4.11. The standard InChI is InChI=1S/C22H17ClFN3S/c1-15-2-12-20(13-3-15)27-21(17-6-8-18(23)9-7-17)25-26-22(27)28-14-16-4-10-19(24)11-5-16/h2-13H,14H2,1H3. The van der Waals surface area contributed by atoms with Crippen molar-refractivity contribution in [2.75, 3.05) is 0 Å². The Balaban J connectivity index is 1.72. The number of hydrogen-bond acceptors (Lipinski definition) is 3. The Morgan fingerprint density at radius 1 is 0.893 bits per heavy atom. The molecule has 0 spiro atoms. The van der Waals surface area contributed by atoms with Crippen LogP contribution in [-0.2, 0) is 5.75 Å². The summed E-state index contributed by atoms with van der Waals surface area (Å²) < 4.78 is 15.2. The summed E-state index contributed by atoms with van der Waals surface area (Å²) in [7, 11) is 0. The molecular weight excluding hydrogens is 393 g/mol. The molecule has 0 aliphatic rings. The van der Waals surface area contributed by atoms with Gasteiger partial charge in [-0.25, -0.2) is 4.39 Å². The summed E-state index contributed by atoms with van der Waals surface area (Å²) in [6.45, 7) is 2.06. The lowest BCUT2D eigenvalue weighted by atomic mass is 10.2. The monoisotopic (exact) mass is 409 g/mol. The highest BCUT2D eigenvalue weighted by Gasteiger charge is 2.16. The molecule has 0 radical (unpaired) electrons. The SMILES string of the molecule is Cc1ccc(-n2c(SCc3ccc(F)cc3)nnc2-c2ccc(Cl)cc2)cc1. The Morgan fingerprint density at radius 2 is 1.57 bits per heavy atom. The molecule has 3 aromatic carbocycles. The maximum atomic E-state index is 13.1. The van der Waals surface area contributed by atoms with E-state index in [-0.39, 0.29) is 5.82 Å². The van der Waals surface area contributed by atoms with Crippen molar-refractivity contribution < 1.29 is 4.39 Å². The third-order valence-corrected chi connectivity index (χ3v) is 5.56. The van der Waals surface area contributed by atoms with Crippen LogP contribution < -0.4 is 0 Å². The van der Waals surface area contributed by atoms with E-state index in [9.17, 15) is 4.39 Å². The van der Waals surface area contributed by atoms with Gasteiger partial charge in [-0.3, -0.25) is 4.57 Å². The lowest BCUT2D eigenvalue weighted by Gasteiger charge is -2.11. The average molecular weight is 410 g/mol. The molecule has 140 valence electrons. The Bertz CT molecular complexity index is 1070. The molecule has 28 heavy (non-hydrogen) atoms. The fraction of sp³-hybridized carbons (Fsp3) is 0.0909. The van der Waals surface area contributed by atoms with E-state index < -0.39 is 0 Å². The van der Waals surface area contributed by atoms with E-state index in [1.807, 2.05) is 28.8 Å². The molecule has 0 N–H and O–H groups in total. The molecule has 4 aromatic rings. The van der Waals surface area contributed by atoms with Crippen molar-refractivity contribution in [3.8, 4) is 17.1 Å². The van der Waals surface area contributed by atoms with E-state index in [1.54, 1.807) is 23.9 Å². The number of aromatic nitrogens is 3. The number of thioether (sulfide) groups is 1. The van der Waals surface area contributed by atoms with E-state index in [4.69, 9.17) is 11.6 Å². The van der Waals surface area contributed by atoms with Crippen molar-refractivity contribution >= 4 is 23.4 Å². The highest BCUT2D eigenvalue weighted by atomic mass is 35.5. The first-order chi connectivity index (χ1) is 13.6. The molecule has 0 aliphatic heterocycles. The lowest BCUT2D eigenvalue weighted by Crippen LogP contribution is -2.00. The van der Waals surface area contributed by atoms with Gasteiger partial charge in [0.1, 0.15) is 5.82 Å². The van der Waals surface area contributed by atoms with Crippen LogP contribution in [-0.4, -0.2) is 14.8 Å². The van der Waals surface area contributed by atoms with Gasteiger partial charge < -0.3 is 0 Å². The van der Waals surface area contributed by atoms with Gasteiger partial charge in [0, 0.05) is 22.0 Å². The topological polar surface area (TPSA) is 30.7 Å². The second-order valence-electron chi connectivity index (χ2n) is 6.40. The largest absolute Gasteiger partial charge is 0.270 e. The van der Waals surface area contributed by atoms with Gasteiger partial charge >= 0.3 is 0 Å². The van der Waals surface area contributed by atoms with Crippen LogP contribution >= 0.6 is 23.4 Å². The van der Waals surface area contributed by atoms with Crippen LogP contribution in [0.1, 0.15) is 11.1 Å². The van der Waals surface area contributed by atoms with Gasteiger partial charge in [0.15, 0.2) is 11.0 Å². The fourth-order valence-corrected chi connectivity index (χ4v) is 3.84. The Labute approximate surface area is 172 Å². The van der Waals surface area contributed by atoms with Crippen molar-refractivity contribution in [2.24, 2.45) is 0 Å². The van der Waals surface area contributed by atoms with E-state index >= 15 is 0 Å². The number of nitrogens with zero attached hydrogens (tertiary/aromatic N) is 3. The van der Waals surface area contributed by atoms with Gasteiger partial charge in [0.2, 0.25) is 0 Å². The quantitative estimate of drug-likeness (QED) is 0.361. The molecule has 0 amide bonds. The number of rotatable bonds is 5. The van der Waals surface area contributed by atoms with Gasteiger partial charge in [-0.15, -0.1) is 10.2 Å². The van der Waals surface area contributed by atoms with Gasteiger partial charge in [-0.1, -0.05) is 53.2 Å². The van der Waals surface area contributed by atoms with E-state index in [0.717, 1.165) is 27.8 Å². The fourth-order valence-electron chi connectivity index (χ4n) is 2.80. The molecule has 0 aliphatic carbocycles. The van der Waals surface area contributed by atoms with Crippen molar-refractivity contribution in [1.82, 2.24) is 14.8 Å². The Kier molecular flexibility index (Phi) is 5.46. The summed E-state index contributed by atoms with van der Waals surface area (Å²) in [5, 5.41) is 10.3. The minimum Gasteiger partial charge on any atom is -0.270 e. The van der Waals surface area contributed by atoms with Crippen molar-refractivity contribution in [1.29, 1.82) is 0 Å². The number of benzene rings is 3. The van der Waals surface area contributed by atoms with Gasteiger partial charge in [0.25, 0.3) is 0 Å². The molecule has 1 heterocycles. The van der Waals surface area contributed by atoms with Crippen LogP contribution in [0.3, 0.4) is 0 Å². The van der Waals surface area contributed by atoms with Crippen molar-refractivity contribution in [3.05, 3.63) is 94.8 Å². The first-order valence-electron chi connectivity index (χ1n) is 8.76. The van der Waals surface area contributed by atoms with E-state index in [0.29, 0.717) is 10.8 Å². The minimum absolute atomic E-state index is 0.235. The van der Waals surface area contributed by atoms with E-state index in [1.165, 1.54) is 17.7 Å². The summed E-state index contributed by atoms with van der Waals surface area (Å²) in [5.74, 6) is 1.19. The molecule has 0 unspecified atom stereocenters. The Morgan fingerprint density at radius 3 is 2.25 bits per heavy atom. The smallest absolute Gasteiger partial charge is 0.196 e. The molecule has 1 aromatic heterocycles. The van der Waals surface area contributed by atoms with Crippen LogP contribution in [0.5, 0.6) is 0 Å². The number of halogens is 2. The van der Waals surface area contributed by atoms with Gasteiger partial charge in [-0.05, 0) is 61.0 Å². The van der Waals surface area contributed by atoms with Crippen molar-refractivity contribution in [3.63, 3.8) is 0 Å². The third-order valence-electron chi connectivity index (χ3n) is 4.31. The maximum Gasteiger partial charge on any atom is 0.196 e. The highest BCUT2D eigenvalue weighted by Crippen LogP contribution is 2.30. The molecule has 4 rings (SSSR count). The van der Waals surface area contributed by atoms with E-state index in [2.05, 4.69) is 41.4 Å². The van der Waals surface area contributed by atoms with Crippen LogP contribution in [0.4, 0.5) is 4.39 Å².